The Balaban J connectivity index is 4.03. The number of aliphatic hydroxyl groups is 4. The maximum Gasteiger partial charge on any atom is 0.331 e. The third-order valence-corrected chi connectivity index (χ3v) is 1.73. The number of carbonyl (C=O) groups is 2. The standard InChI is InChI=1S/C9H14O8/c10-3-5(11)9(16)6(12)4-17-8(15)2-1-7(13)14/h1-2,5-6,9-12,16H,3-4H2,(H,13,14)/b2-1-/t5-,6+,9+/m1/s1. The van der Waals surface area contributed by atoms with E-state index in [-0.39, 0.29) is 0 Å². The van der Waals surface area contributed by atoms with E-state index < -0.39 is 43.5 Å². The topological polar surface area (TPSA) is 145 Å². The first-order valence-electron chi connectivity index (χ1n) is 4.61. The summed E-state index contributed by atoms with van der Waals surface area (Å²) in [6.45, 7) is -1.40. The van der Waals surface area contributed by atoms with Gasteiger partial charge in [-0.1, -0.05) is 0 Å². The van der Waals surface area contributed by atoms with Gasteiger partial charge in [-0.05, 0) is 0 Å². The fourth-order valence-corrected chi connectivity index (χ4v) is 0.818. The van der Waals surface area contributed by atoms with Crippen molar-refractivity contribution < 1.29 is 39.9 Å². The number of carbonyl (C=O) groups excluding carboxylic acids is 1. The first-order chi connectivity index (χ1) is 7.88. The van der Waals surface area contributed by atoms with Crippen LogP contribution >= 0.6 is 0 Å². The van der Waals surface area contributed by atoms with Crippen LogP contribution < -0.4 is 0 Å². The summed E-state index contributed by atoms with van der Waals surface area (Å²) in [4.78, 5) is 20.9. The van der Waals surface area contributed by atoms with Gasteiger partial charge >= 0.3 is 11.9 Å². The molecule has 0 fully saturated rings. The van der Waals surface area contributed by atoms with E-state index in [1.54, 1.807) is 0 Å². The van der Waals surface area contributed by atoms with E-state index in [0.717, 1.165) is 0 Å². The van der Waals surface area contributed by atoms with E-state index in [9.17, 15) is 14.7 Å². The molecule has 0 radical (unpaired) electrons. The highest BCUT2D eigenvalue weighted by atomic mass is 16.5. The maximum atomic E-state index is 10.8. The Morgan fingerprint density at radius 1 is 1.12 bits per heavy atom. The molecule has 0 bridgehead atoms. The first-order valence-corrected chi connectivity index (χ1v) is 4.61. The Kier molecular flexibility index (Phi) is 7.06. The monoisotopic (exact) mass is 250 g/mol. The molecule has 8 nitrogen and oxygen atoms in total. The Morgan fingerprint density at radius 3 is 2.18 bits per heavy atom. The van der Waals surface area contributed by atoms with E-state index in [1.165, 1.54) is 0 Å². The molecule has 0 aromatic carbocycles. The van der Waals surface area contributed by atoms with E-state index in [2.05, 4.69) is 4.74 Å². The van der Waals surface area contributed by atoms with Gasteiger partial charge in [0.05, 0.1) is 6.61 Å². The lowest BCUT2D eigenvalue weighted by atomic mass is 10.1. The van der Waals surface area contributed by atoms with Crippen LogP contribution in [0.25, 0.3) is 0 Å². The number of hydrogen-bond acceptors (Lipinski definition) is 7. The Bertz CT molecular complexity index is 287. The molecule has 0 saturated heterocycles. The van der Waals surface area contributed by atoms with Gasteiger partial charge in [0.2, 0.25) is 0 Å². The van der Waals surface area contributed by atoms with Crippen molar-refractivity contribution in [3.8, 4) is 0 Å². The SMILES string of the molecule is O=C(O)/C=C\C(=O)OC[C@H](O)[C@@H](O)[C@H](O)CO. The zero-order valence-corrected chi connectivity index (χ0v) is 8.76. The molecule has 0 unspecified atom stereocenters. The molecule has 5 N–H and O–H groups in total. The molecule has 0 aromatic rings. The maximum absolute atomic E-state index is 10.8. The van der Waals surface area contributed by atoms with Crippen LogP contribution in [0.3, 0.4) is 0 Å². The molecule has 0 aliphatic rings. The second-order valence-electron chi connectivity index (χ2n) is 3.11. The molecule has 0 rings (SSSR count). The molecule has 0 aliphatic carbocycles. The summed E-state index contributed by atoms with van der Waals surface area (Å²) in [5.41, 5.74) is 0. The highest BCUT2D eigenvalue weighted by Gasteiger charge is 2.24. The third-order valence-electron chi connectivity index (χ3n) is 1.73. The van der Waals surface area contributed by atoms with Gasteiger partial charge in [-0.2, -0.15) is 0 Å². The van der Waals surface area contributed by atoms with Crippen LogP contribution in [0.15, 0.2) is 12.2 Å². The van der Waals surface area contributed by atoms with Gasteiger partial charge in [-0.15, -0.1) is 0 Å². The minimum Gasteiger partial charge on any atom is -0.478 e. The molecule has 98 valence electrons. The van der Waals surface area contributed by atoms with Crippen LogP contribution in [0.2, 0.25) is 0 Å². The molecular weight excluding hydrogens is 236 g/mol. The fourth-order valence-electron chi connectivity index (χ4n) is 0.818. The summed E-state index contributed by atoms with van der Waals surface area (Å²) in [6, 6.07) is 0. The number of ether oxygens (including phenoxy) is 1. The predicted molar refractivity (Wildman–Crippen MR) is 52.8 cm³/mol. The van der Waals surface area contributed by atoms with Crippen molar-refractivity contribution in [2.45, 2.75) is 18.3 Å². The molecule has 17 heavy (non-hydrogen) atoms. The number of esters is 1. The molecule has 8 heteroatoms. The summed E-state index contributed by atoms with van der Waals surface area (Å²) < 4.78 is 4.38. The molecule has 0 saturated carbocycles. The van der Waals surface area contributed by atoms with Crippen molar-refractivity contribution in [2.75, 3.05) is 13.2 Å². The smallest absolute Gasteiger partial charge is 0.331 e. The number of carboxylic acid groups (broad SMARTS) is 1. The normalized spacial score (nSPS) is 16.5. The van der Waals surface area contributed by atoms with Gasteiger partial charge in [0, 0.05) is 12.2 Å². The van der Waals surface area contributed by atoms with Gasteiger partial charge < -0.3 is 30.3 Å². The molecule has 0 spiro atoms. The Labute approximate surface area is 96.4 Å². The largest absolute Gasteiger partial charge is 0.478 e. The van der Waals surface area contributed by atoms with Crippen LogP contribution in [-0.4, -0.2) is 69.0 Å². The van der Waals surface area contributed by atoms with Crippen LogP contribution in [0.5, 0.6) is 0 Å². The van der Waals surface area contributed by atoms with E-state index in [0.29, 0.717) is 12.2 Å². The number of aliphatic hydroxyl groups excluding tert-OH is 4. The van der Waals surface area contributed by atoms with Gasteiger partial charge in [0.1, 0.15) is 24.9 Å². The zero-order valence-electron chi connectivity index (χ0n) is 8.76. The zero-order chi connectivity index (χ0) is 13.4. The van der Waals surface area contributed by atoms with Crippen LogP contribution in [0.1, 0.15) is 0 Å². The summed E-state index contributed by atoms with van der Waals surface area (Å²) in [5.74, 6) is -2.35. The van der Waals surface area contributed by atoms with Gasteiger partial charge in [0.15, 0.2) is 0 Å². The quantitative estimate of drug-likeness (QED) is 0.241. The van der Waals surface area contributed by atoms with Crippen LogP contribution in [0, 0.1) is 0 Å². The number of aliphatic carboxylic acids is 1. The number of carboxylic acids is 1. The molecule has 0 aliphatic heterocycles. The fraction of sp³-hybridized carbons (Fsp3) is 0.556. The van der Waals surface area contributed by atoms with Gasteiger partial charge in [0.25, 0.3) is 0 Å². The van der Waals surface area contributed by atoms with Crippen LogP contribution in [-0.2, 0) is 14.3 Å². The first kappa shape index (κ1) is 15.5. The molecule has 0 heterocycles. The molecule has 0 amide bonds. The van der Waals surface area contributed by atoms with E-state index in [1.807, 2.05) is 0 Å². The lowest BCUT2D eigenvalue weighted by Gasteiger charge is -2.20. The van der Waals surface area contributed by atoms with E-state index in [4.69, 9.17) is 20.4 Å². The highest BCUT2D eigenvalue weighted by molar-refractivity contribution is 5.90. The van der Waals surface area contributed by atoms with Gasteiger partial charge in [-0.25, -0.2) is 9.59 Å². The van der Waals surface area contributed by atoms with Gasteiger partial charge in [-0.3, -0.25) is 0 Å². The number of rotatable bonds is 7. The molecule has 3 atom stereocenters. The second kappa shape index (κ2) is 7.74. The van der Waals surface area contributed by atoms with Crippen molar-refractivity contribution in [2.24, 2.45) is 0 Å². The second-order valence-corrected chi connectivity index (χ2v) is 3.11. The number of hydrogen-bond donors (Lipinski definition) is 5. The Hall–Kier alpha value is -1.48. The summed E-state index contributed by atoms with van der Waals surface area (Å²) in [6.07, 6.45) is -3.63. The third kappa shape index (κ3) is 6.64. The predicted octanol–water partition coefficient (Wildman–Crippen LogP) is -2.75. The van der Waals surface area contributed by atoms with Crippen molar-refractivity contribution in [3.63, 3.8) is 0 Å². The van der Waals surface area contributed by atoms with E-state index >= 15 is 0 Å². The summed E-state index contributed by atoms with van der Waals surface area (Å²) >= 11 is 0. The van der Waals surface area contributed by atoms with Crippen molar-refractivity contribution >= 4 is 11.9 Å². The highest BCUT2D eigenvalue weighted by Crippen LogP contribution is 2.01. The Morgan fingerprint density at radius 2 is 1.71 bits per heavy atom. The van der Waals surface area contributed by atoms with Crippen molar-refractivity contribution in [1.82, 2.24) is 0 Å². The van der Waals surface area contributed by atoms with Crippen molar-refractivity contribution in [1.29, 1.82) is 0 Å². The average molecular weight is 250 g/mol. The lowest BCUT2D eigenvalue weighted by molar-refractivity contribution is -0.147. The average Bonchev–Trinajstić information content (AvgIpc) is 2.31. The summed E-state index contributed by atoms with van der Waals surface area (Å²) in [5, 5.41) is 44.0. The lowest BCUT2D eigenvalue weighted by Crippen LogP contribution is -2.42. The molecular formula is C9H14O8. The van der Waals surface area contributed by atoms with Crippen molar-refractivity contribution in [3.05, 3.63) is 12.2 Å². The summed E-state index contributed by atoms with van der Waals surface area (Å²) in [7, 11) is 0. The molecule has 0 aromatic heterocycles. The minimum atomic E-state index is -1.67. The minimum absolute atomic E-state index is 0.549. The van der Waals surface area contributed by atoms with Crippen LogP contribution in [0.4, 0.5) is 0 Å².